The van der Waals surface area contributed by atoms with E-state index in [4.69, 9.17) is 5.14 Å². The first-order valence-electron chi connectivity index (χ1n) is 9.45. The number of benzene rings is 3. The van der Waals surface area contributed by atoms with Crippen molar-refractivity contribution in [3.05, 3.63) is 78.4 Å². The summed E-state index contributed by atoms with van der Waals surface area (Å²) in [4.78, 5) is 1.73. The van der Waals surface area contributed by atoms with Crippen LogP contribution >= 0.6 is 0 Å². The fourth-order valence-corrected chi connectivity index (χ4v) is 4.02. The third-order valence-electron chi connectivity index (χ3n) is 4.82. The summed E-state index contributed by atoms with van der Waals surface area (Å²) in [5.74, 6) is 0.259. The molecule has 32 heavy (non-hydrogen) atoms. The zero-order valence-corrected chi connectivity index (χ0v) is 20.5. The molecule has 1 radical (unpaired) electrons. The minimum Gasteiger partial charge on any atom is -0.380 e. The summed E-state index contributed by atoms with van der Waals surface area (Å²) in [6, 6.07) is 22.5. The zero-order valence-electron chi connectivity index (χ0n) is 17.7. The minimum atomic E-state index is -4.04. The zero-order chi connectivity index (χ0) is 21.8. The SMILES string of the molecule is CN(c1ccccc1)c1cc(NCc2ccccc2)c(-c2nn[nH]n2)cc1S(N)(=O)=O.[Na]. The average molecular weight is 459 g/mol. The van der Waals surface area contributed by atoms with E-state index in [0.29, 0.717) is 23.5 Å². The molecule has 0 amide bonds. The van der Waals surface area contributed by atoms with Crippen LogP contribution in [0, 0.1) is 0 Å². The van der Waals surface area contributed by atoms with Crippen LogP contribution < -0.4 is 15.4 Å². The molecular formula is C21H21N7NaO2S. The number of aromatic amines is 1. The Morgan fingerprint density at radius 2 is 1.69 bits per heavy atom. The molecule has 1 aromatic heterocycles. The number of para-hydroxylation sites is 1. The average Bonchev–Trinajstić information content (AvgIpc) is 3.32. The number of nitrogens with zero attached hydrogens (tertiary/aromatic N) is 4. The summed E-state index contributed by atoms with van der Waals surface area (Å²) in [5.41, 5.74) is 3.43. The summed E-state index contributed by atoms with van der Waals surface area (Å²) in [7, 11) is -2.25. The van der Waals surface area contributed by atoms with Gasteiger partial charge < -0.3 is 10.2 Å². The molecule has 9 nitrogen and oxygen atoms in total. The van der Waals surface area contributed by atoms with Crippen LogP contribution in [0.3, 0.4) is 0 Å². The van der Waals surface area contributed by atoms with Crippen molar-refractivity contribution < 1.29 is 8.42 Å². The molecule has 0 atom stereocenters. The Morgan fingerprint density at radius 1 is 1.03 bits per heavy atom. The monoisotopic (exact) mass is 458 g/mol. The predicted molar refractivity (Wildman–Crippen MR) is 125 cm³/mol. The van der Waals surface area contributed by atoms with E-state index in [1.54, 1.807) is 18.0 Å². The number of anilines is 3. The molecule has 0 fully saturated rings. The minimum absolute atomic E-state index is 0. The van der Waals surface area contributed by atoms with E-state index in [1.807, 2.05) is 60.7 Å². The van der Waals surface area contributed by atoms with Crippen LogP contribution in [0.5, 0.6) is 0 Å². The number of H-pyrrole nitrogens is 1. The third kappa shape index (κ3) is 5.34. The summed E-state index contributed by atoms with van der Waals surface area (Å²) >= 11 is 0. The molecule has 0 saturated carbocycles. The van der Waals surface area contributed by atoms with Crippen molar-refractivity contribution in [3.63, 3.8) is 0 Å². The van der Waals surface area contributed by atoms with Crippen LogP contribution in [0.2, 0.25) is 0 Å². The first kappa shape index (κ1) is 23.9. The Labute approximate surface area is 208 Å². The van der Waals surface area contributed by atoms with E-state index in [-0.39, 0.29) is 40.3 Å². The first-order valence-corrected chi connectivity index (χ1v) is 11.0. The van der Waals surface area contributed by atoms with Gasteiger partial charge in [-0.2, -0.15) is 5.21 Å². The van der Waals surface area contributed by atoms with Gasteiger partial charge in [0.15, 0.2) is 0 Å². The van der Waals surface area contributed by atoms with Gasteiger partial charge in [-0.15, -0.1) is 10.2 Å². The molecule has 0 spiro atoms. The number of tetrazole rings is 1. The van der Waals surface area contributed by atoms with Crippen molar-refractivity contribution in [1.29, 1.82) is 0 Å². The molecule has 0 aliphatic carbocycles. The van der Waals surface area contributed by atoms with Gasteiger partial charge in [-0.3, -0.25) is 0 Å². The Hall–Kier alpha value is -2.76. The number of nitrogens with one attached hydrogen (secondary N) is 2. The van der Waals surface area contributed by atoms with Gasteiger partial charge in [0.25, 0.3) is 0 Å². The van der Waals surface area contributed by atoms with Crippen molar-refractivity contribution in [2.45, 2.75) is 11.4 Å². The summed E-state index contributed by atoms with van der Waals surface area (Å²) < 4.78 is 24.9. The Bertz CT molecular complexity index is 1270. The van der Waals surface area contributed by atoms with E-state index in [9.17, 15) is 8.42 Å². The number of nitrogens with two attached hydrogens (primary N) is 1. The smallest absolute Gasteiger partial charge is 0.240 e. The van der Waals surface area contributed by atoms with E-state index in [2.05, 4.69) is 25.9 Å². The molecule has 4 N–H and O–H groups in total. The molecule has 3 aromatic carbocycles. The van der Waals surface area contributed by atoms with E-state index in [1.165, 1.54) is 6.07 Å². The van der Waals surface area contributed by atoms with Crippen molar-refractivity contribution in [1.82, 2.24) is 20.6 Å². The standard InChI is InChI=1S/C21H21N7O2S.Na/c1-28(16-10-6-3-7-11-16)19-13-18(23-14-15-8-4-2-5-9-15)17(21-24-26-27-25-21)12-20(19)31(22,29)30;/h2-13,23H,14H2,1H3,(H2,22,29,30)(H,24,25,26,27);. The predicted octanol–water partition coefficient (Wildman–Crippen LogP) is 2.51. The van der Waals surface area contributed by atoms with Gasteiger partial charge in [0.1, 0.15) is 4.90 Å². The van der Waals surface area contributed by atoms with Gasteiger partial charge >= 0.3 is 0 Å². The second kappa shape index (κ2) is 10.2. The van der Waals surface area contributed by atoms with Gasteiger partial charge in [-0.1, -0.05) is 48.5 Å². The van der Waals surface area contributed by atoms with Crippen LogP contribution in [-0.2, 0) is 16.6 Å². The second-order valence-electron chi connectivity index (χ2n) is 6.88. The quantitative estimate of drug-likeness (QED) is 0.363. The largest absolute Gasteiger partial charge is 0.380 e. The topological polar surface area (TPSA) is 130 Å². The number of hydrogen-bond acceptors (Lipinski definition) is 7. The summed E-state index contributed by atoms with van der Waals surface area (Å²) in [6.07, 6.45) is 0. The van der Waals surface area contributed by atoms with Crippen molar-refractivity contribution in [2.24, 2.45) is 5.14 Å². The molecule has 0 bridgehead atoms. The van der Waals surface area contributed by atoms with Gasteiger partial charge in [0.2, 0.25) is 15.8 Å². The first-order chi connectivity index (χ1) is 14.9. The number of primary sulfonamides is 1. The number of rotatable bonds is 7. The molecule has 11 heteroatoms. The normalized spacial score (nSPS) is 10.9. The van der Waals surface area contributed by atoms with Crippen molar-refractivity contribution >= 4 is 56.6 Å². The third-order valence-corrected chi connectivity index (χ3v) is 5.76. The maximum Gasteiger partial charge on any atom is 0.240 e. The second-order valence-corrected chi connectivity index (χ2v) is 8.41. The number of sulfonamides is 1. The molecule has 0 aliphatic heterocycles. The molecule has 0 unspecified atom stereocenters. The maximum atomic E-state index is 12.5. The molecule has 1 heterocycles. The van der Waals surface area contributed by atoms with E-state index < -0.39 is 10.0 Å². The molecular weight excluding hydrogens is 437 g/mol. The van der Waals surface area contributed by atoms with E-state index in [0.717, 1.165) is 11.3 Å². The molecule has 159 valence electrons. The van der Waals surface area contributed by atoms with Crippen LogP contribution in [0.4, 0.5) is 17.1 Å². The maximum absolute atomic E-state index is 12.5. The van der Waals surface area contributed by atoms with Gasteiger partial charge in [-0.25, -0.2) is 13.6 Å². The van der Waals surface area contributed by atoms with Crippen LogP contribution in [0.1, 0.15) is 5.56 Å². The Balaban J connectivity index is 0.00000289. The van der Waals surface area contributed by atoms with Gasteiger partial charge in [0.05, 0.1) is 5.69 Å². The number of aromatic nitrogens is 4. The van der Waals surface area contributed by atoms with Crippen LogP contribution in [-0.4, -0.2) is 65.6 Å². The number of hydrogen-bond donors (Lipinski definition) is 3. The summed E-state index contributed by atoms with van der Waals surface area (Å²) in [6.45, 7) is 0.523. The van der Waals surface area contributed by atoms with E-state index >= 15 is 0 Å². The fraction of sp³-hybridized carbons (Fsp3) is 0.0952. The Kier molecular flexibility index (Phi) is 7.64. The van der Waals surface area contributed by atoms with Crippen LogP contribution in [0.15, 0.2) is 77.7 Å². The summed E-state index contributed by atoms with van der Waals surface area (Å²) in [5, 5.41) is 23.0. The van der Waals surface area contributed by atoms with Crippen molar-refractivity contribution in [2.75, 3.05) is 17.3 Å². The molecule has 4 rings (SSSR count). The van der Waals surface area contributed by atoms with Crippen molar-refractivity contribution in [3.8, 4) is 11.4 Å². The fourth-order valence-electron chi connectivity index (χ4n) is 3.25. The molecule has 4 aromatic rings. The molecule has 0 saturated heterocycles. The molecule has 0 aliphatic rings. The Morgan fingerprint density at radius 3 is 2.28 bits per heavy atom. The van der Waals surface area contributed by atoms with Gasteiger partial charge in [0, 0.05) is 60.1 Å². The van der Waals surface area contributed by atoms with Gasteiger partial charge in [-0.05, 0) is 35.0 Å². The van der Waals surface area contributed by atoms with Crippen LogP contribution in [0.25, 0.3) is 11.4 Å².